The minimum absolute atomic E-state index is 0.220. The Balaban J connectivity index is 2.35. The Hall–Kier alpha value is -2.67. The number of carbonyl (C=O) groups is 1. The zero-order valence-corrected chi connectivity index (χ0v) is 19.4. The van der Waals surface area contributed by atoms with Crippen LogP contribution in [0.2, 0.25) is 0 Å². The van der Waals surface area contributed by atoms with Crippen molar-refractivity contribution >= 4 is 27.5 Å². The van der Waals surface area contributed by atoms with Gasteiger partial charge in [0, 0.05) is 16.9 Å². The lowest BCUT2D eigenvalue weighted by molar-refractivity contribution is -0.152. The third-order valence-electron chi connectivity index (χ3n) is 5.31. The molecule has 0 saturated carbocycles. The topological polar surface area (TPSA) is 70.4 Å². The molecule has 1 aromatic carbocycles. The molecule has 0 N–H and O–H groups in total. The van der Waals surface area contributed by atoms with Crippen LogP contribution in [0.5, 0.6) is 5.75 Å². The van der Waals surface area contributed by atoms with Gasteiger partial charge in [-0.25, -0.2) is 9.78 Å². The van der Waals surface area contributed by atoms with Crippen molar-refractivity contribution in [1.29, 1.82) is 0 Å². The first-order valence-electron chi connectivity index (χ1n) is 10.0. The number of esters is 1. The molecule has 6 nitrogen and oxygen atoms in total. The van der Waals surface area contributed by atoms with Crippen molar-refractivity contribution in [3.05, 3.63) is 44.8 Å². The molecule has 0 spiro atoms. The van der Waals surface area contributed by atoms with Gasteiger partial charge < -0.3 is 9.47 Å². The van der Waals surface area contributed by atoms with Crippen molar-refractivity contribution in [2.24, 2.45) is 0 Å². The van der Waals surface area contributed by atoms with Gasteiger partial charge in [0.05, 0.1) is 19.1 Å². The van der Waals surface area contributed by atoms with E-state index >= 15 is 0 Å². The van der Waals surface area contributed by atoms with E-state index in [4.69, 9.17) is 14.5 Å². The summed E-state index contributed by atoms with van der Waals surface area (Å²) in [5, 5.41) is 0.539. The number of benzene rings is 1. The number of thiophene rings is 1. The first-order valence-corrected chi connectivity index (χ1v) is 10.9. The molecule has 160 valence electrons. The molecule has 30 heavy (non-hydrogen) atoms. The average Bonchev–Trinajstić information content (AvgIpc) is 3.03. The zero-order chi connectivity index (χ0) is 22.2. The molecular formula is C23H28N2O4S. The minimum Gasteiger partial charge on any atom is -0.496 e. The number of aryl methyl sites for hydroxylation is 3. The van der Waals surface area contributed by atoms with Gasteiger partial charge in [0.25, 0.3) is 5.56 Å². The van der Waals surface area contributed by atoms with E-state index in [2.05, 4.69) is 0 Å². The zero-order valence-electron chi connectivity index (χ0n) is 18.6. The highest BCUT2D eigenvalue weighted by molar-refractivity contribution is 7.19. The molecule has 3 aromatic rings. The van der Waals surface area contributed by atoms with Gasteiger partial charge in [-0.1, -0.05) is 13.0 Å². The van der Waals surface area contributed by atoms with E-state index in [0.717, 1.165) is 27.3 Å². The molecule has 2 aromatic heterocycles. The van der Waals surface area contributed by atoms with Gasteiger partial charge in [0.15, 0.2) is 0 Å². The molecule has 2 heterocycles. The van der Waals surface area contributed by atoms with Crippen LogP contribution in [0.15, 0.2) is 23.0 Å². The van der Waals surface area contributed by atoms with Crippen molar-refractivity contribution < 1.29 is 14.3 Å². The van der Waals surface area contributed by atoms with Gasteiger partial charge in [-0.05, 0) is 57.9 Å². The summed E-state index contributed by atoms with van der Waals surface area (Å²) in [6.07, 6.45) is 0.530. The third-order valence-corrected chi connectivity index (χ3v) is 6.30. The SMILES string of the molecule is CCOC(=O)C(C)(C)n1c(CC)nc2sc(C)c(-c3ccc(OC)c(C)c3)c2c1=O. The van der Waals surface area contributed by atoms with Crippen molar-refractivity contribution in [2.75, 3.05) is 13.7 Å². The number of ether oxygens (including phenoxy) is 2. The lowest BCUT2D eigenvalue weighted by Gasteiger charge is -2.27. The fourth-order valence-electron chi connectivity index (χ4n) is 3.80. The van der Waals surface area contributed by atoms with Crippen LogP contribution in [0.1, 0.15) is 44.0 Å². The maximum absolute atomic E-state index is 13.8. The molecule has 0 aliphatic heterocycles. The number of hydrogen-bond acceptors (Lipinski definition) is 6. The quantitative estimate of drug-likeness (QED) is 0.536. The second-order valence-corrected chi connectivity index (χ2v) is 8.90. The fourth-order valence-corrected chi connectivity index (χ4v) is 4.85. The number of nitrogens with zero attached hydrogens (tertiary/aromatic N) is 2. The fraction of sp³-hybridized carbons (Fsp3) is 0.435. The van der Waals surface area contributed by atoms with Crippen LogP contribution < -0.4 is 10.3 Å². The summed E-state index contributed by atoms with van der Waals surface area (Å²) in [4.78, 5) is 32.9. The molecule has 0 atom stereocenters. The summed E-state index contributed by atoms with van der Waals surface area (Å²) in [6.45, 7) is 11.3. The first-order chi connectivity index (χ1) is 14.2. The van der Waals surface area contributed by atoms with Crippen LogP contribution in [0.25, 0.3) is 21.3 Å². The van der Waals surface area contributed by atoms with Crippen LogP contribution in [0, 0.1) is 13.8 Å². The van der Waals surface area contributed by atoms with Crippen LogP contribution in [0.4, 0.5) is 0 Å². The Kier molecular flexibility index (Phi) is 6.04. The summed E-state index contributed by atoms with van der Waals surface area (Å²) in [7, 11) is 1.64. The Morgan fingerprint density at radius 3 is 2.50 bits per heavy atom. The number of aromatic nitrogens is 2. The monoisotopic (exact) mass is 428 g/mol. The van der Waals surface area contributed by atoms with E-state index < -0.39 is 11.5 Å². The van der Waals surface area contributed by atoms with Crippen molar-refractivity contribution in [3.8, 4) is 16.9 Å². The largest absolute Gasteiger partial charge is 0.496 e. The molecule has 0 bridgehead atoms. The number of fused-ring (bicyclic) bond motifs is 1. The second-order valence-electron chi connectivity index (χ2n) is 7.70. The smallest absolute Gasteiger partial charge is 0.331 e. The van der Waals surface area contributed by atoms with Crippen LogP contribution >= 0.6 is 11.3 Å². The minimum atomic E-state index is -1.16. The van der Waals surface area contributed by atoms with Crippen LogP contribution in [-0.4, -0.2) is 29.2 Å². The molecule has 0 aliphatic rings. The third kappa shape index (κ3) is 3.51. The van der Waals surface area contributed by atoms with E-state index in [0.29, 0.717) is 22.5 Å². The number of carbonyl (C=O) groups excluding carboxylic acids is 1. The lowest BCUT2D eigenvalue weighted by Crippen LogP contribution is -2.45. The second kappa shape index (κ2) is 8.22. The van der Waals surface area contributed by atoms with E-state index in [-0.39, 0.29) is 12.2 Å². The van der Waals surface area contributed by atoms with Gasteiger partial charge in [-0.2, -0.15) is 0 Å². The highest BCUT2D eigenvalue weighted by Gasteiger charge is 2.35. The van der Waals surface area contributed by atoms with E-state index in [9.17, 15) is 9.59 Å². The normalized spacial score (nSPS) is 11.7. The standard InChI is InChI=1S/C23H28N2O4S/c1-8-17-24-20-19(21(26)25(17)23(5,6)22(27)29-9-2)18(14(4)30-20)15-10-11-16(28-7)13(3)12-15/h10-12H,8-9H2,1-7H3. The highest BCUT2D eigenvalue weighted by atomic mass is 32.1. The number of methoxy groups -OCH3 is 1. The van der Waals surface area contributed by atoms with E-state index in [1.165, 1.54) is 15.9 Å². The predicted octanol–water partition coefficient (Wildman–Crippen LogP) is 4.61. The van der Waals surface area contributed by atoms with Gasteiger partial charge in [0.2, 0.25) is 0 Å². The molecule has 3 rings (SSSR count). The highest BCUT2D eigenvalue weighted by Crippen LogP contribution is 2.38. The molecular weight excluding hydrogens is 400 g/mol. The van der Waals surface area contributed by atoms with E-state index in [1.54, 1.807) is 27.9 Å². The molecule has 0 amide bonds. The molecule has 0 unspecified atom stereocenters. The summed E-state index contributed by atoms with van der Waals surface area (Å²) in [6, 6.07) is 5.87. The van der Waals surface area contributed by atoms with E-state index in [1.807, 2.05) is 39.0 Å². The summed E-state index contributed by atoms with van der Waals surface area (Å²) in [5.41, 5.74) is 1.39. The van der Waals surface area contributed by atoms with Crippen LogP contribution in [-0.2, 0) is 21.5 Å². The average molecular weight is 429 g/mol. The Bertz CT molecular complexity index is 1170. The van der Waals surface area contributed by atoms with Crippen molar-refractivity contribution in [1.82, 2.24) is 9.55 Å². The van der Waals surface area contributed by atoms with Gasteiger partial charge in [0.1, 0.15) is 21.9 Å². The number of hydrogen-bond donors (Lipinski definition) is 0. The van der Waals surface area contributed by atoms with Crippen molar-refractivity contribution in [2.45, 2.75) is 53.5 Å². The van der Waals surface area contributed by atoms with Gasteiger partial charge in [-0.15, -0.1) is 11.3 Å². The molecule has 7 heteroatoms. The molecule has 0 saturated heterocycles. The summed E-state index contributed by atoms with van der Waals surface area (Å²) >= 11 is 1.50. The van der Waals surface area contributed by atoms with Gasteiger partial charge >= 0.3 is 5.97 Å². The van der Waals surface area contributed by atoms with Crippen molar-refractivity contribution in [3.63, 3.8) is 0 Å². The van der Waals surface area contributed by atoms with Gasteiger partial charge in [-0.3, -0.25) is 9.36 Å². The molecule has 0 radical (unpaired) electrons. The Labute approximate surface area is 180 Å². The maximum atomic E-state index is 13.8. The van der Waals surface area contributed by atoms with Crippen LogP contribution in [0.3, 0.4) is 0 Å². The summed E-state index contributed by atoms with van der Waals surface area (Å²) < 4.78 is 12.1. The Morgan fingerprint density at radius 2 is 1.93 bits per heavy atom. The molecule has 0 fully saturated rings. The first kappa shape index (κ1) is 22.0. The molecule has 0 aliphatic carbocycles. The Morgan fingerprint density at radius 1 is 1.23 bits per heavy atom. The lowest BCUT2D eigenvalue weighted by atomic mass is 10.00. The predicted molar refractivity (Wildman–Crippen MR) is 121 cm³/mol. The number of rotatable bonds is 6. The summed E-state index contributed by atoms with van der Waals surface area (Å²) in [5.74, 6) is 0.921. The maximum Gasteiger partial charge on any atom is 0.331 e.